The predicted molar refractivity (Wildman–Crippen MR) is 194 cm³/mol. The number of carbonyl (C=O) groups excluding carboxylic acids is 2. The maximum Gasteiger partial charge on any atom is 0.419 e. The first kappa shape index (κ1) is 35.7. The third kappa shape index (κ3) is 7.20. The van der Waals surface area contributed by atoms with Crippen molar-refractivity contribution in [1.29, 1.82) is 0 Å². The van der Waals surface area contributed by atoms with Crippen molar-refractivity contribution in [2.24, 2.45) is 0 Å². The van der Waals surface area contributed by atoms with Crippen LogP contribution in [0.2, 0.25) is 0 Å². The zero-order valence-corrected chi connectivity index (χ0v) is 31.4. The Morgan fingerprint density at radius 2 is 0.920 bits per heavy atom. The van der Waals surface area contributed by atoms with Gasteiger partial charge in [0.05, 0.1) is 28.4 Å². The van der Waals surface area contributed by atoms with Crippen molar-refractivity contribution in [1.82, 2.24) is 10.6 Å². The van der Waals surface area contributed by atoms with E-state index < -0.39 is 23.4 Å². The van der Waals surface area contributed by atoms with E-state index in [0.29, 0.717) is 60.1 Å². The number of hydrogen-bond acceptors (Lipinski definition) is 10. The highest BCUT2D eigenvalue weighted by atomic mass is 79.9. The molecule has 12 heteroatoms. The van der Waals surface area contributed by atoms with Gasteiger partial charge in [0.1, 0.15) is 0 Å². The van der Waals surface area contributed by atoms with Gasteiger partial charge in [0.25, 0.3) is 0 Å². The first-order chi connectivity index (χ1) is 24.1. The van der Waals surface area contributed by atoms with Gasteiger partial charge in [-0.15, -0.1) is 0 Å². The standard InChI is InChI=1S/C38H38Br2N2O8/c1-45-31-17-25-13-15-41-37(29(25)19-33(31)47-3,21-23-5-9-27(39)10-6-23)49-35(43)36(44)50-38(22-24-7-11-28(40)12-8-24)30-20-34(48-4)32(46-2)18-26(30)14-16-42-38/h5-12,17-20,41-42H,13-16,21-22H2,1-4H3. The molecule has 2 aliphatic rings. The lowest BCUT2D eigenvalue weighted by atomic mass is 9.86. The lowest BCUT2D eigenvalue weighted by Crippen LogP contribution is -2.55. The fourth-order valence-corrected chi connectivity index (χ4v) is 7.27. The number of halogens is 2. The SMILES string of the molecule is COc1cc2c(cc1OC)C(Cc1ccc(Br)cc1)(OC(=O)C(=O)OC1(Cc3ccc(Br)cc3)NCCc3cc(OC)c(OC)cc31)NCC2. The van der Waals surface area contributed by atoms with E-state index in [1.54, 1.807) is 40.6 Å². The molecule has 0 saturated heterocycles. The molecule has 50 heavy (non-hydrogen) atoms. The van der Waals surface area contributed by atoms with E-state index >= 15 is 0 Å². The van der Waals surface area contributed by atoms with Crippen LogP contribution in [0.15, 0.2) is 81.7 Å². The van der Waals surface area contributed by atoms with Crippen LogP contribution in [0.1, 0.15) is 33.4 Å². The summed E-state index contributed by atoms with van der Waals surface area (Å²) in [5.41, 5.74) is 2.02. The van der Waals surface area contributed by atoms with Crippen molar-refractivity contribution in [2.75, 3.05) is 41.5 Å². The molecule has 2 atom stereocenters. The van der Waals surface area contributed by atoms with Crippen LogP contribution < -0.4 is 29.6 Å². The summed E-state index contributed by atoms with van der Waals surface area (Å²) in [5, 5.41) is 6.84. The number of carbonyl (C=O) groups is 2. The second kappa shape index (κ2) is 15.0. The zero-order chi connectivity index (χ0) is 35.5. The van der Waals surface area contributed by atoms with Gasteiger partial charge < -0.3 is 28.4 Å². The molecule has 0 bridgehead atoms. The van der Waals surface area contributed by atoms with E-state index in [1.165, 1.54) is 0 Å². The normalized spacial score (nSPS) is 19.4. The van der Waals surface area contributed by atoms with Crippen molar-refractivity contribution in [2.45, 2.75) is 37.1 Å². The smallest absolute Gasteiger partial charge is 0.419 e. The number of fused-ring (bicyclic) bond motifs is 2. The number of ether oxygens (including phenoxy) is 6. The fourth-order valence-electron chi connectivity index (χ4n) is 6.75. The lowest BCUT2D eigenvalue weighted by Gasteiger charge is -2.41. The Morgan fingerprint density at radius 3 is 1.26 bits per heavy atom. The number of rotatable bonds is 10. The van der Waals surface area contributed by atoms with Crippen LogP contribution in [-0.4, -0.2) is 53.5 Å². The summed E-state index contributed by atoms with van der Waals surface area (Å²) in [5.74, 6) is -0.256. The average molecular weight is 811 g/mol. The van der Waals surface area contributed by atoms with Crippen LogP contribution in [-0.2, 0) is 56.2 Å². The van der Waals surface area contributed by atoms with Crippen LogP contribution >= 0.6 is 31.9 Å². The van der Waals surface area contributed by atoms with Gasteiger partial charge in [0, 0.05) is 46.0 Å². The van der Waals surface area contributed by atoms with E-state index in [9.17, 15) is 9.59 Å². The number of esters is 2. The summed E-state index contributed by atoms with van der Waals surface area (Å²) in [6.07, 6.45) is 1.73. The monoisotopic (exact) mass is 808 g/mol. The summed E-state index contributed by atoms with van der Waals surface area (Å²) in [6.45, 7) is 0.955. The highest BCUT2D eigenvalue weighted by Crippen LogP contribution is 2.42. The highest BCUT2D eigenvalue weighted by molar-refractivity contribution is 9.10. The van der Waals surface area contributed by atoms with E-state index in [1.807, 2.05) is 60.7 Å². The van der Waals surface area contributed by atoms with Gasteiger partial charge in [-0.1, -0.05) is 56.1 Å². The molecule has 4 aromatic carbocycles. The minimum Gasteiger partial charge on any atom is -0.493 e. The number of methoxy groups -OCH3 is 4. The fraction of sp³-hybridized carbons (Fsp3) is 0.316. The topological polar surface area (TPSA) is 114 Å². The van der Waals surface area contributed by atoms with Crippen molar-refractivity contribution < 1.29 is 38.0 Å². The largest absolute Gasteiger partial charge is 0.493 e. The Balaban J connectivity index is 1.40. The third-order valence-electron chi connectivity index (χ3n) is 9.13. The molecule has 6 rings (SSSR count). The molecule has 2 heterocycles. The maximum atomic E-state index is 14.1. The second-order valence-corrected chi connectivity index (χ2v) is 14.0. The number of benzene rings is 4. The summed E-state index contributed by atoms with van der Waals surface area (Å²) in [4.78, 5) is 28.2. The molecule has 0 saturated carbocycles. The highest BCUT2D eigenvalue weighted by Gasteiger charge is 2.47. The van der Waals surface area contributed by atoms with Crippen LogP contribution in [0.25, 0.3) is 0 Å². The Labute approximate surface area is 308 Å². The van der Waals surface area contributed by atoms with Crippen molar-refractivity contribution in [3.8, 4) is 23.0 Å². The predicted octanol–water partition coefficient (Wildman–Crippen LogP) is 6.12. The molecule has 2 N–H and O–H groups in total. The van der Waals surface area contributed by atoms with Crippen LogP contribution in [0, 0.1) is 0 Å². The quantitative estimate of drug-likeness (QED) is 0.144. The maximum absolute atomic E-state index is 14.1. The van der Waals surface area contributed by atoms with E-state index in [-0.39, 0.29) is 12.8 Å². The summed E-state index contributed by atoms with van der Waals surface area (Å²) >= 11 is 6.99. The third-order valence-corrected chi connectivity index (χ3v) is 10.2. The first-order valence-corrected chi connectivity index (χ1v) is 17.7. The van der Waals surface area contributed by atoms with Gasteiger partial charge in [-0.3, -0.25) is 10.6 Å². The van der Waals surface area contributed by atoms with Gasteiger partial charge in [0.15, 0.2) is 34.4 Å². The molecule has 0 aliphatic carbocycles. The molecule has 0 radical (unpaired) electrons. The molecule has 0 amide bonds. The molecule has 262 valence electrons. The molecular formula is C38H38Br2N2O8. The first-order valence-electron chi connectivity index (χ1n) is 16.1. The molecule has 4 aromatic rings. The Hall–Kier alpha value is -4.10. The molecule has 0 spiro atoms. The van der Waals surface area contributed by atoms with Crippen LogP contribution in [0.3, 0.4) is 0 Å². The van der Waals surface area contributed by atoms with Gasteiger partial charge >= 0.3 is 11.9 Å². The van der Waals surface area contributed by atoms with Crippen LogP contribution in [0.5, 0.6) is 23.0 Å². The molecule has 10 nitrogen and oxygen atoms in total. The summed E-state index contributed by atoms with van der Waals surface area (Å²) in [6, 6.07) is 22.8. The Morgan fingerprint density at radius 1 is 0.580 bits per heavy atom. The second-order valence-electron chi connectivity index (χ2n) is 12.1. The average Bonchev–Trinajstić information content (AvgIpc) is 3.12. The lowest BCUT2D eigenvalue weighted by molar-refractivity contribution is -0.193. The van der Waals surface area contributed by atoms with E-state index in [2.05, 4.69) is 42.5 Å². The number of nitrogens with one attached hydrogen (secondary N) is 2. The van der Waals surface area contributed by atoms with Gasteiger partial charge in [0.2, 0.25) is 0 Å². The van der Waals surface area contributed by atoms with E-state index in [4.69, 9.17) is 28.4 Å². The zero-order valence-electron chi connectivity index (χ0n) is 28.2. The molecule has 0 aromatic heterocycles. The van der Waals surface area contributed by atoms with Crippen LogP contribution in [0.4, 0.5) is 0 Å². The van der Waals surface area contributed by atoms with Crippen molar-refractivity contribution in [3.63, 3.8) is 0 Å². The minimum atomic E-state index is -1.43. The van der Waals surface area contributed by atoms with Gasteiger partial charge in [-0.2, -0.15) is 0 Å². The van der Waals surface area contributed by atoms with Gasteiger partial charge in [-0.25, -0.2) is 9.59 Å². The molecule has 2 unspecified atom stereocenters. The minimum absolute atomic E-state index is 0.226. The summed E-state index contributed by atoms with van der Waals surface area (Å²) < 4.78 is 36.8. The Bertz CT molecular complexity index is 1750. The van der Waals surface area contributed by atoms with Crippen molar-refractivity contribution in [3.05, 3.63) is 115 Å². The summed E-state index contributed by atoms with van der Waals surface area (Å²) in [7, 11) is 6.24. The molecule has 2 aliphatic heterocycles. The molecular weight excluding hydrogens is 772 g/mol. The Kier molecular flexibility index (Phi) is 10.7. The van der Waals surface area contributed by atoms with Gasteiger partial charge in [-0.05, 0) is 83.6 Å². The van der Waals surface area contributed by atoms with E-state index in [0.717, 1.165) is 31.2 Å². The molecule has 0 fully saturated rings. The van der Waals surface area contributed by atoms with Crippen molar-refractivity contribution >= 4 is 43.8 Å². The number of hydrogen-bond donors (Lipinski definition) is 2.